The van der Waals surface area contributed by atoms with E-state index in [1.54, 1.807) is 0 Å². The SMILES string of the molecule is CC(C)C(C#N)C(=O)NC1CCS(=O)(=O)CC1. The Hall–Kier alpha value is -1.09. The van der Waals surface area contributed by atoms with Gasteiger partial charge in [0.05, 0.1) is 17.6 Å². The minimum Gasteiger partial charge on any atom is -0.352 e. The number of hydrogen-bond donors (Lipinski definition) is 1. The van der Waals surface area contributed by atoms with E-state index < -0.39 is 15.8 Å². The van der Waals surface area contributed by atoms with Gasteiger partial charge in [0, 0.05) is 6.04 Å². The molecule has 96 valence electrons. The van der Waals surface area contributed by atoms with Crippen LogP contribution in [-0.2, 0) is 14.6 Å². The largest absolute Gasteiger partial charge is 0.352 e. The van der Waals surface area contributed by atoms with Gasteiger partial charge in [-0.25, -0.2) is 8.42 Å². The van der Waals surface area contributed by atoms with E-state index in [2.05, 4.69) is 5.32 Å². The first-order valence-electron chi connectivity index (χ1n) is 5.76. The van der Waals surface area contributed by atoms with E-state index >= 15 is 0 Å². The molecule has 0 aliphatic carbocycles. The molecule has 1 aliphatic rings. The second-order valence-electron chi connectivity index (χ2n) is 4.79. The maximum atomic E-state index is 11.8. The molecule has 1 fully saturated rings. The lowest BCUT2D eigenvalue weighted by atomic mass is 9.96. The van der Waals surface area contributed by atoms with Crippen LogP contribution >= 0.6 is 0 Å². The number of carbonyl (C=O) groups is 1. The number of sulfone groups is 1. The molecule has 1 N–H and O–H groups in total. The number of hydrogen-bond acceptors (Lipinski definition) is 4. The van der Waals surface area contributed by atoms with E-state index in [-0.39, 0.29) is 29.4 Å². The van der Waals surface area contributed by atoms with Gasteiger partial charge in [-0.05, 0) is 18.8 Å². The Balaban J connectivity index is 2.51. The summed E-state index contributed by atoms with van der Waals surface area (Å²) in [5.41, 5.74) is 0. The lowest BCUT2D eigenvalue weighted by Crippen LogP contribution is -2.44. The molecule has 0 spiro atoms. The molecule has 1 rings (SSSR count). The van der Waals surface area contributed by atoms with Gasteiger partial charge in [0.15, 0.2) is 0 Å². The van der Waals surface area contributed by atoms with Gasteiger partial charge in [-0.2, -0.15) is 5.26 Å². The van der Waals surface area contributed by atoms with Crippen molar-refractivity contribution in [3.63, 3.8) is 0 Å². The number of amides is 1. The molecule has 1 atom stereocenters. The fraction of sp³-hybridized carbons (Fsp3) is 0.818. The Morgan fingerprint density at radius 3 is 2.29 bits per heavy atom. The molecule has 0 aromatic carbocycles. The summed E-state index contributed by atoms with van der Waals surface area (Å²) in [4.78, 5) is 11.8. The third-order valence-corrected chi connectivity index (χ3v) is 4.70. The third kappa shape index (κ3) is 4.00. The van der Waals surface area contributed by atoms with E-state index in [1.165, 1.54) is 0 Å². The molecule has 1 heterocycles. The predicted molar refractivity (Wildman–Crippen MR) is 63.8 cm³/mol. The fourth-order valence-corrected chi connectivity index (χ4v) is 3.33. The fourth-order valence-electron chi connectivity index (χ4n) is 1.84. The van der Waals surface area contributed by atoms with E-state index in [9.17, 15) is 13.2 Å². The van der Waals surface area contributed by atoms with E-state index in [0.29, 0.717) is 12.8 Å². The molecule has 0 bridgehead atoms. The molecule has 1 unspecified atom stereocenters. The molecule has 0 aromatic rings. The first kappa shape index (κ1) is 14.0. The molecule has 0 radical (unpaired) electrons. The minimum atomic E-state index is -2.91. The standard InChI is InChI=1S/C11H18N2O3S/c1-8(2)10(7-12)11(14)13-9-3-5-17(15,16)6-4-9/h8-10H,3-6H2,1-2H3,(H,13,14). The van der Waals surface area contributed by atoms with Crippen LogP contribution in [-0.4, -0.2) is 31.9 Å². The highest BCUT2D eigenvalue weighted by molar-refractivity contribution is 7.91. The minimum absolute atomic E-state index is 0.0349. The van der Waals surface area contributed by atoms with Gasteiger partial charge in [-0.3, -0.25) is 4.79 Å². The first-order chi connectivity index (χ1) is 7.85. The van der Waals surface area contributed by atoms with Crippen molar-refractivity contribution in [3.8, 4) is 6.07 Å². The van der Waals surface area contributed by atoms with E-state index in [0.717, 1.165) is 0 Å². The first-order valence-corrected chi connectivity index (χ1v) is 7.58. The van der Waals surface area contributed by atoms with Gasteiger partial charge < -0.3 is 5.32 Å². The van der Waals surface area contributed by atoms with Gasteiger partial charge in [0.1, 0.15) is 15.8 Å². The van der Waals surface area contributed by atoms with Crippen LogP contribution in [0.25, 0.3) is 0 Å². The topological polar surface area (TPSA) is 87.0 Å². The molecule has 17 heavy (non-hydrogen) atoms. The molecule has 1 saturated heterocycles. The zero-order chi connectivity index (χ0) is 13.1. The summed E-state index contributed by atoms with van der Waals surface area (Å²) in [5.74, 6) is -0.735. The van der Waals surface area contributed by atoms with Crippen molar-refractivity contribution in [1.82, 2.24) is 5.32 Å². The van der Waals surface area contributed by atoms with Crippen molar-refractivity contribution in [3.05, 3.63) is 0 Å². The van der Waals surface area contributed by atoms with Gasteiger partial charge in [0.25, 0.3) is 0 Å². The smallest absolute Gasteiger partial charge is 0.237 e. The molecular weight excluding hydrogens is 240 g/mol. The summed E-state index contributed by atoms with van der Waals surface area (Å²) >= 11 is 0. The lowest BCUT2D eigenvalue weighted by molar-refractivity contribution is -0.125. The van der Waals surface area contributed by atoms with Crippen molar-refractivity contribution in [2.45, 2.75) is 32.7 Å². The summed E-state index contributed by atoms with van der Waals surface area (Å²) in [6.45, 7) is 3.64. The van der Waals surface area contributed by atoms with Crippen LogP contribution in [0.4, 0.5) is 0 Å². The zero-order valence-corrected chi connectivity index (χ0v) is 11.0. The second kappa shape index (κ2) is 5.50. The van der Waals surface area contributed by atoms with Crippen LogP contribution in [0.5, 0.6) is 0 Å². The molecule has 0 saturated carbocycles. The van der Waals surface area contributed by atoms with Crippen molar-refractivity contribution >= 4 is 15.7 Å². The quantitative estimate of drug-likeness (QED) is 0.797. The highest BCUT2D eigenvalue weighted by Gasteiger charge is 2.28. The molecule has 5 nitrogen and oxygen atoms in total. The highest BCUT2D eigenvalue weighted by Crippen LogP contribution is 2.15. The monoisotopic (exact) mass is 258 g/mol. The van der Waals surface area contributed by atoms with Crippen LogP contribution < -0.4 is 5.32 Å². The van der Waals surface area contributed by atoms with Crippen LogP contribution in [0.2, 0.25) is 0 Å². The van der Waals surface area contributed by atoms with E-state index in [1.807, 2.05) is 19.9 Å². The number of nitrogens with one attached hydrogen (secondary N) is 1. The predicted octanol–water partition coefficient (Wildman–Crippen LogP) is 0.476. The van der Waals surface area contributed by atoms with Gasteiger partial charge in [0.2, 0.25) is 5.91 Å². The second-order valence-corrected chi connectivity index (χ2v) is 7.09. The number of nitrogens with zero attached hydrogens (tertiary/aromatic N) is 1. The summed E-state index contributed by atoms with van der Waals surface area (Å²) in [5, 5.41) is 11.6. The molecule has 0 aromatic heterocycles. The number of carbonyl (C=O) groups excluding carboxylic acids is 1. The van der Waals surface area contributed by atoms with E-state index in [4.69, 9.17) is 5.26 Å². The Morgan fingerprint density at radius 2 is 1.88 bits per heavy atom. The van der Waals surface area contributed by atoms with Gasteiger partial charge in [-0.1, -0.05) is 13.8 Å². The van der Waals surface area contributed by atoms with Crippen molar-refractivity contribution in [2.75, 3.05) is 11.5 Å². The molecule has 1 aliphatic heterocycles. The maximum absolute atomic E-state index is 11.8. The molecular formula is C11H18N2O3S. The Morgan fingerprint density at radius 1 is 1.35 bits per heavy atom. The van der Waals surface area contributed by atoms with Crippen molar-refractivity contribution in [1.29, 1.82) is 5.26 Å². The molecule has 6 heteroatoms. The summed E-state index contributed by atoms with van der Waals surface area (Å²) in [6, 6.07) is 1.87. The summed E-state index contributed by atoms with van der Waals surface area (Å²) < 4.78 is 22.4. The van der Waals surface area contributed by atoms with Crippen LogP contribution in [0.3, 0.4) is 0 Å². The number of nitriles is 1. The van der Waals surface area contributed by atoms with Crippen molar-refractivity contribution < 1.29 is 13.2 Å². The Labute approximate surface area is 102 Å². The normalized spacial score (nSPS) is 21.8. The highest BCUT2D eigenvalue weighted by atomic mass is 32.2. The summed E-state index contributed by atoms with van der Waals surface area (Å²) in [6.07, 6.45) is 0.897. The van der Waals surface area contributed by atoms with Crippen LogP contribution in [0.15, 0.2) is 0 Å². The van der Waals surface area contributed by atoms with Crippen molar-refractivity contribution in [2.24, 2.45) is 11.8 Å². The maximum Gasteiger partial charge on any atom is 0.237 e. The third-order valence-electron chi connectivity index (χ3n) is 2.99. The average Bonchev–Trinajstić information content (AvgIpc) is 2.21. The summed E-state index contributed by atoms with van der Waals surface area (Å²) in [7, 11) is -2.91. The van der Waals surface area contributed by atoms with Crippen LogP contribution in [0.1, 0.15) is 26.7 Å². The van der Waals surface area contributed by atoms with Crippen LogP contribution in [0, 0.1) is 23.2 Å². The zero-order valence-electron chi connectivity index (χ0n) is 10.1. The Kier molecular flexibility index (Phi) is 4.52. The van der Waals surface area contributed by atoms with Gasteiger partial charge >= 0.3 is 0 Å². The molecule has 1 amide bonds. The average molecular weight is 258 g/mol. The van der Waals surface area contributed by atoms with Gasteiger partial charge in [-0.15, -0.1) is 0 Å². The Bertz CT molecular complexity index is 408. The lowest BCUT2D eigenvalue weighted by Gasteiger charge is -2.24. The number of rotatable bonds is 3.